The van der Waals surface area contributed by atoms with Gasteiger partial charge in [0.1, 0.15) is 0 Å². The second kappa shape index (κ2) is 4.31. The molecule has 0 aliphatic heterocycles. The Hall–Kier alpha value is -0.900. The van der Waals surface area contributed by atoms with E-state index in [1.807, 2.05) is 0 Å². The molecule has 1 aromatic rings. The van der Waals surface area contributed by atoms with E-state index in [1.165, 1.54) is 12.8 Å². The topological polar surface area (TPSA) is 64.9 Å². The van der Waals surface area contributed by atoms with E-state index in [9.17, 15) is 0 Å². The lowest BCUT2D eigenvalue weighted by atomic mass is 10.1. The largest absolute Gasteiger partial charge is 0.339 e. The van der Waals surface area contributed by atoms with Crippen LogP contribution in [-0.2, 0) is 0 Å². The molecule has 0 bridgehead atoms. The molecule has 4 nitrogen and oxygen atoms in total. The van der Waals surface area contributed by atoms with Gasteiger partial charge in [-0.1, -0.05) is 25.4 Å². The number of aromatic nitrogens is 2. The second-order valence-electron chi connectivity index (χ2n) is 4.51. The summed E-state index contributed by atoms with van der Waals surface area (Å²) in [5.41, 5.74) is 5.93. The van der Waals surface area contributed by atoms with E-state index in [0.29, 0.717) is 11.7 Å². The maximum Gasteiger partial charge on any atom is 0.229 e. The molecule has 2 N–H and O–H groups in total. The Morgan fingerprint density at radius 1 is 1.53 bits per heavy atom. The lowest BCUT2D eigenvalue weighted by Gasteiger charge is -2.03. The zero-order chi connectivity index (χ0) is 10.8. The Labute approximate surface area is 90.2 Å². The number of nitrogens with two attached hydrogens (primary N) is 1. The van der Waals surface area contributed by atoms with Crippen LogP contribution in [0.25, 0.3) is 0 Å². The molecule has 84 valence electrons. The monoisotopic (exact) mass is 209 g/mol. The quantitative estimate of drug-likeness (QED) is 0.808. The third kappa shape index (κ3) is 2.37. The van der Waals surface area contributed by atoms with Crippen molar-refractivity contribution in [1.29, 1.82) is 0 Å². The van der Waals surface area contributed by atoms with Crippen LogP contribution in [0.4, 0.5) is 0 Å². The van der Waals surface area contributed by atoms with Gasteiger partial charge in [0, 0.05) is 5.92 Å². The molecular formula is C11H19N3O. The molecule has 15 heavy (non-hydrogen) atoms. The number of rotatable bonds is 5. The Bertz CT molecular complexity index is 319. The van der Waals surface area contributed by atoms with Crippen LogP contribution in [0.15, 0.2) is 4.52 Å². The van der Waals surface area contributed by atoms with Gasteiger partial charge in [-0.05, 0) is 25.2 Å². The highest BCUT2D eigenvalue weighted by atomic mass is 16.5. The number of nitrogens with zero attached hydrogens (tertiary/aromatic N) is 2. The fourth-order valence-electron chi connectivity index (χ4n) is 1.82. The summed E-state index contributed by atoms with van der Waals surface area (Å²) in [5, 5.41) is 3.95. The van der Waals surface area contributed by atoms with Gasteiger partial charge in [0.15, 0.2) is 5.82 Å². The van der Waals surface area contributed by atoms with Crippen LogP contribution in [-0.4, -0.2) is 10.1 Å². The van der Waals surface area contributed by atoms with Gasteiger partial charge < -0.3 is 10.3 Å². The highest BCUT2D eigenvalue weighted by Gasteiger charge is 2.32. The maximum atomic E-state index is 5.93. The molecule has 1 heterocycles. The lowest BCUT2D eigenvalue weighted by molar-refractivity contribution is 0.342. The van der Waals surface area contributed by atoms with E-state index in [-0.39, 0.29) is 6.04 Å². The van der Waals surface area contributed by atoms with Gasteiger partial charge in [0.05, 0.1) is 6.04 Å². The molecule has 1 fully saturated rings. The van der Waals surface area contributed by atoms with Crippen LogP contribution in [0.5, 0.6) is 0 Å². The van der Waals surface area contributed by atoms with Crippen LogP contribution in [0.2, 0.25) is 0 Å². The van der Waals surface area contributed by atoms with E-state index < -0.39 is 0 Å². The normalized spacial score (nSPS) is 20.2. The summed E-state index contributed by atoms with van der Waals surface area (Å²) in [6.45, 7) is 4.26. The van der Waals surface area contributed by atoms with Gasteiger partial charge in [-0.2, -0.15) is 4.98 Å². The minimum absolute atomic E-state index is 0.0705. The average molecular weight is 209 g/mol. The molecular weight excluding hydrogens is 190 g/mol. The van der Waals surface area contributed by atoms with Crippen molar-refractivity contribution in [2.45, 2.75) is 51.5 Å². The molecule has 1 aliphatic rings. The molecule has 2 rings (SSSR count). The van der Waals surface area contributed by atoms with Crippen molar-refractivity contribution >= 4 is 0 Å². The van der Waals surface area contributed by atoms with Crippen molar-refractivity contribution in [1.82, 2.24) is 10.1 Å². The van der Waals surface area contributed by atoms with E-state index in [1.54, 1.807) is 0 Å². The molecule has 4 heteroatoms. The van der Waals surface area contributed by atoms with Crippen molar-refractivity contribution in [3.63, 3.8) is 0 Å². The molecule has 1 aromatic heterocycles. The van der Waals surface area contributed by atoms with E-state index in [2.05, 4.69) is 24.0 Å². The summed E-state index contributed by atoms with van der Waals surface area (Å²) in [5.74, 6) is 2.58. The van der Waals surface area contributed by atoms with Crippen molar-refractivity contribution in [3.8, 4) is 0 Å². The third-order valence-corrected chi connectivity index (χ3v) is 3.11. The summed E-state index contributed by atoms with van der Waals surface area (Å²) < 4.78 is 5.25. The summed E-state index contributed by atoms with van der Waals surface area (Å²) in [6.07, 6.45) is 4.54. The van der Waals surface area contributed by atoms with Crippen LogP contribution in [0.3, 0.4) is 0 Å². The van der Waals surface area contributed by atoms with Gasteiger partial charge in [-0.3, -0.25) is 0 Å². The highest BCUT2D eigenvalue weighted by molar-refractivity contribution is 5.01. The summed E-state index contributed by atoms with van der Waals surface area (Å²) in [7, 11) is 0. The van der Waals surface area contributed by atoms with Gasteiger partial charge in [0.2, 0.25) is 5.89 Å². The minimum atomic E-state index is -0.0705. The van der Waals surface area contributed by atoms with Crippen LogP contribution < -0.4 is 5.73 Å². The predicted molar refractivity (Wildman–Crippen MR) is 57.3 cm³/mol. The van der Waals surface area contributed by atoms with E-state index >= 15 is 0 Å². The van der Waals surface area contributed by atoms with Gasteiger partial charge in [0.25, 0.3) is 0 Å². The predicted octanol–water partition coefficient (Wildman–Crippen LogP) is 2.38. The molecule has 0 radical (unpaired) electrons. The van der Waals surface area contributed by atoms with Gasteiger partial charge >= 0.3 is 0 Å². The first kappa shape index (κ1) is 10.6. The van der Waals surface area contributed by atoms with Crippen molar-refractivity contribution in [2.75, 3.05) is 0 Å². The molecule has 0 amide bonds. The average Bonchev–Trinajstić information content (AvgIpc) is 2.95. The van der Waals surface area contributed by atoms with Gasteiger partial charge in [-0.15, -0.1) is 0 Å². The summed E-state index contributed by atoms with van der Waals surface area (Å²) in [6, 6.07) is -0.0705. The van der Waals surface area contributed by atoms with Gasteiger partial charge in [-0.25, -0.2) is 0 Å². The second-order valence-corrected chi connectivity index (χ2v) is 4.51. The van der Waals surface area contributed by atoms with Crippen LogP contribution in [0.1, 0.15) is 63.2 Å². The highest BCUT2D eigenvalue weighted by Crippen LogP contribution is 2.41. The molecule has 0 spiro atoms. The van der Waals surface area contributed by atoms with Crippen molar-refractivity contribution in [3.05, 3.63) is 11.7 Å². The van der Waals surface area contributed by atoms with E-state index in [0.717, 1.165) is 24.7 Å². The third-order valence-electron chi connectivity index (χ3n) is 3.11. The van der Waals surface area contributed by atoms with E-state index in [4.69, 9.17) is 10.3 Å². The summed E-state index contributed by atoms with van der Waals surface area (Å²) in [4.78, 5) is 4.39. The number of hydrogen-bond acceptors (Lipinski definition) is 4. The zero-order valence-corrected chi connectivity index (χ0v) is 9.44. The fraction of sp³-hybridized carbons (Fsp3) is 0.818. The standard InChI is InChI=1S/C11H19N3O/c1-3-4-9(12)10-13-11(15-14-10)7(2)8-5-6-8/h7-9H,3-6,12H2,1-2H3. The first-order valence-electron chi connectivity index (χ1n) is 5.81. The molecule has 1 aliphatic carbocycles. The number of hydrogen-bond donors (Lipinski definition) is 1. The molecule has 0 aromatic carbocycles. The lowest BCUT2D eigenvalue weighted by Crippen LogP contribution is -2.11. The molecule has 1 saturated carbocycles. The zero-order valence-electron chi connectivity index (χ0n) is 9.44. The first-order valence-corrected chi connectivity index (χ1v) is 5.81. The Morgan fingerprint density at radius 2 is 2.27 bits per heavy atom. The first-order chi connectivity index (χ1) is 7.22. The molecule has 2 unspecified atom stereocenters. The van der Waals surface area contributed by atoms with Crippen LogP contribution >= 0.6 is 0 Å². The van der Waals surface area contributed by atoms with Crippen molar-refractivity contribution < 1.29 is 4.52 Å². The Balaban J connectivity index is 2.02. The Kier molecular flexibility index (Phi) is 3.05. The fourth-order valence-corrected chi connectivity index (χ4v) is 1.82. The smallest absolute Gasteiger partial charge is 0.229 e. The maximum absolute atomic E-state index is 5.93. The Morgan fingerprint density at radius 3 is 2.87 bits per heavy atom. The summed E-state index contributed by atoms with van der Waals surface area (Å²) >= 11 is 0. The molecule has 0 saturated heterocycles. The molecule has 2 atom stereocenters. The SMILES string of the molecule is CCCC(N)c1noc(C(C)C2CC2)n1. The van der Waals surface area contributed by atoms with Crippen LogP contribution in [0, 0.1) is 5.92 Å². The minimum Gasteiger partial charge on any atom is -0.339 e. The van der Waals surface area contributed by atoms with Crippen molar-refractivity contribution in [2.24, 2.45) is 11.7 Å².